The fourth-order valence-electron chi connectivity index (χ4n) is 3.34. The molecule has 134 valence electrons. The van der Waals surface area contributed by atoms with E-state index in [1.165, 1.54) is 17.2 Å². The first-order valence-electron chi connectivity index (χ1n) is 9.05. The first-order valence-corrected chi connectivity index (χ1v) is 9.05. The van der Waals surface area contributed by atoms with Crippen LogP contribution < -0.4 is 0 Å². The predicted molar refractivity (Wildman–Crippen MR) is 105 cm³/mol. The number of para-hydroxylation sites is 1. The van der Waals surface area contributed by atoms with E-state index in [4.69, 9.17) is 4.74 Å². The molecule has 2 aromatic carbocycles. The Hall–Kier alpha value is -3.27. The van der Waals surface area contributed by atoms with Crippen LogP contribution in [0.4, 0.5) is 0 Å². The third-order valence-electron chi connectivity index (χ3n) is 4.78. The summed E-state index contributed by atoms with van der Waals surface area (Å²) in [5.41, 5.74) is 4.67. The minimum Gasteiger partial charge on any atom is -0.454 e. The average Bonchev–Trinajstić information content (AvgIpc) is 3.18. The molecule has 0 unspecified atom stereocenters. The molecule has 0 saturated carbocycles. The van der Waals surface area contributed by atoms with Gasteiger partial charge in [0.05, 0.1) is 11.2 Å². The van der Waals surface area contributed by atoms with Crippen molar-refractivity contribution < 1.29 is 14.3 Å². The summed E-state index contributed by atoms with van der Waals surface area (Å²) in [6.07, 6.45) is 6.11. The van der Waals surface area contributed by atoms with Crippen LogP contribution >= 0.6 is 0 Å². The van der Waals surface area contributed by atoms with Gasteiger partial charge in [0.2, 0.25) is 0 Å². The molecule has 4 rings (SSSR count). The predicted octanol–water partition coefficient (Wildman–Crippen LogP) is 4.16. The van der Waals surface area contributed by atoms with E-state index in [1.807, 2.05) is 54.6 Å². The number of hydrogen-bond donors (Lipinski definition) is 0. The van der Waals surface area contributed by atoms with Crippen molar-refractivity contribution in [1.29, 1.82) is 0 Å². The molecule has 1 aliphatic rings. The molecule has 0 amide bonds. The molecule has 1 aromatic heterocycles. The summed E-state index contributed by atoms with van der Waals surface area (Å²) in [5, 5.41) is 1.04. The van der Waals surface area contributed by atoms with Crippen LogP contribution in [-0.2, 0) is 22.4 Å². The second kappa shape index (κ2) is 7.54. The first-order chi connectivity index (χ1) is 13.2. The second-order valence-corrected chi connectivity index (χ2v) is 6.63. The van der Waals surface area contributed by atoms with Gasteiger partial charge in [-0.3, -0.25) is 4.79 Å². The third kappa shape index (κ3) is 3.95. The number of pyridine rings is 1. The summed E-state index contributed by atoms with van der Waals surface area (Å²) in [6.45, 7) is -0.257. The summed E-state index contributed by atoms with van der Waals surface area (Å²) in [6, 6.07) is 17.3. The van der Waals surface area contributed by atoms with Crippen LogP contribution in [0.3, 0.4) is 0 Å². The van der Waals surface area contributed by atoms with Crippen molar-refractivity contribution in [3.8, 4) is 0 Å². The molecule has 4 heteroatoms. The molecule has 3 aromatic rings. The molecule has 0 fully saturated rings. The molecule has 0 N–H and O–H groups in total. The van der Waals surface area contributed by atoms with Gasteiger partial charge in [0, 0.05) is 17.0 Å². The molecule has 0 atom stereocenters. The number of esters is 1. The number of carbonyl (C=O) groups is 2. The van der Waals surface area contributed by atoms with Gasteiger partial charge >= 0.3 is 5.97 Å². The smallest absolute Gasteiger partial charge is 0.331 e. The quantitative estimate of drug-likeness (QED) is 0.391. The Balaban J connectivity index is 1.36. The van der Waals surface area contributed by atoms with Gasteiger partial charge in [-0.2, -0.15) is 0 Å². The maximum atomic E-state index is 12.3. The molecule has 1 heterocycles. The van der Waals surface area contributed by atoms with Crippen molar-refractivity contribution in [3.05, 3.63) is 83.1 Å². The van der Waals surface area contributed by atoms with E-state index in [0.717, 1.165) is 30.2 Å². The summed E-state index contributed by atoms with van der Waals surface area (Å²) in [4.78, 5) is 28.6. The Morgan fingerprint density at radius 2 is 1.85 bits per heavy atom. The molecule has 0 aliphatic heterocycles. The fourth-order valence-corrected chi connectivity index (χ4v) is 3.34. The highest BCUT2D eigenvalue weighted by molar-refractivity contribution is 5.99. The number of hydrogen-bond acceptors (Lipinski definition) is 4. The zero-order valence-corrected chi connectivity index (χ0v) is 14.9. The Morgan fingerprint density at radius 1 is 1.00 bits per heavy atom. The highest BCUT2D eigenvalue weighted by Crippen LogP contribution is 2.23. The number of fused-ring (bicyclic) bond motifs is 2. The number of ether oxygens (including phenoxy) is 1. The average molecular weight is 357 g/mol. The summed E-state index contributed by atoms with van der Waals surface area (Å²) in [7, 11) is 0. The summed E-state index contributed by atoms with van der Waals surface area (Å²) < 4.78 is 5.08. The van der Waals surface area contributed by atoms with Crippen molar-refractivity contribution in [2.24, 2.45) is 0 Å². The number of Topliss-reactive ketones (excluding diaryl/α,β-unsaturated/α-hetero) is 1. The van der Waals surface area contributed by atoms with E-state index in [-0.39, 0.29) is 12.4 Å². The van der Waals surface area contributed by atoms with E-state index >= 15 is 0 Å². The lowest BCUT2D eigenvalue weighted by Gasteiger charge is -2.05. The van der Waals surface area contributed by atoms with Crippen LogP contribution in [0.15, 0.2) is 60.7 Å². The maximum absolute atomic E-state index is 12.3. The van der Waals surface area contributed by atoms with Gasteiger partial charge in [0.15, 0.2) is 12.4 Å². The van der Waals surface area contributed by atoms with Crippen LogP contribution in [0.5, 0.6) is 0 Å². The molecular formula is C23H19NO3. The molecule has 27 heavy (non-hydrogen) atoms. The second-order valence-electron chi connectivity index (χ2n) is 6.63. The lowest BCUT2D eigenvalue weighted by molar-refractivity contribution is -0.136. The van der Waals surface area contributed by atoms with E-state index < -0.39 is 5.97 Å². The maximum Gasteiger partial charge on any atom is 0.331 e. The van der Waals surface area contributed by atoms with E-state index in [1.54, 1.807) is 6.08 Å². The largest absolute Gasteiger partial charge is 0.454 e. The molecule has 0 spiro atoms. The van der Waals surface area contributed by atoms with Crippen LogP contribution in [0, 0.1) is 0 Å². The lowest BCUT2D eigenvalue weighted by atomic mass is 10.0. The number of benzene rings is 2. The van der Waals surface area contributed by atoms with Crippen molar-refractivity contribution in [3.63, 3.8) is 0 Å². The molecule has 0 bridgehead atoms. The monoisotopic (exact) mass is 357 g/mol. The highest BCUT2D eigenvalue weighted by atomic mass is 16.5. The van der Waals surface area contributed by atoms with Gasteiger partial charge in [-0.25, -0.2) is 9.78 Å². The zero-order chi connectivity index (χ0) is 18.6. The number of aryl methyl sites for hydroxylation is 2. The van der Waals surface area contributed by atoms with Gasteiger partial charge in [0.25, 0.3) is 0 Å². The number of aromatic nitrogens is 1. The van der Waals surface area contributed by atoms with Crippen molar-refractivity contribution in [2.75, 3.05) is 6.61 Å². The minimum absolute atomic E-state index is 0.185. The number of nitrogens with zero attached hydrogens (tertiary/aromatic N) is 1. The summed E-state index contributed by atoms with van der Waals surface area (Å²) in [5.74, 6) is -0.741. The van der Waals surface area contributed by atoms with Gasteiger partial charge in [-0.1, -0.05) is 36.4 Å². The highest BCUT2D eigenvalue weighted by Gasteiger charge is 2.14. The van der Waals surface area contributed by atoms with Crippen LogP contribution in [0.1, 0.15) is 33.6 Å². The van der Waals surface area contributed by atoms with Crippen molar-refractivity contribution >= 4 is 28.7 Å². The van der Waals surface area contributed by atoms with Crippen LogP contribution in [0.2, 0.25) is 0 Å². The van der Waals surface area contributed by atoms with Gasteiger partial charge in [-0.15, -0.1) is 0 Å². The van der Waals surface area contributed by atoms with Crippen LogP contribution in [0.25, 0.3) is 17.0 Å². The zero-order valence-electron chi connectivity index (χ0n) is 14.9. The topological polar surface area (TPSA) is 56.3 Å². The van der Waals surface area contributed by atoms with Crippen molar-refractivity contribution in [2.45, 2.75) is 19.3 Å². The normalized spacial score (nSPS) is 13.0. The third-order valence-corrected chi connectivity index (χ3v) is 4.78. The Labute approximate surface area is 157 Å². The fraction of sp³-hybridized carbons (Fsp3) is 0.174. The standard InChI is InChI=1S/C23H19NO3/c25-22(19-9-8-16-5-3-6-18(16)14-19)15-27-23(26)13-12-20-11-10-17-4-1-2-7-21(17)24-20/h1-2,4,7-14H,3,5-6,15H2/b13-12+. The SMILES string of the molecule is O=C(/C=C/c1ccc2ccccc2n1)OCC(=O)c1ccc2c(c1)CCC2. The Morgan fingerprint density at radius 3 is 2.78 bits per heavy atom. The van der Waals surface area contributed by atoms with E-state index in [0.29, 0.717) is 11.3 Å². The molecule has 0 saturated heterocycles. The number of carbonyl (C=O) groups excluding carboxylic acids is 2. The first kappa shape index (κ1) is 17.2. The molecule has 1 aliphatic carbocycles. The Kier molecular flexibility index (Phi) is 4.79. The van der Waals surface area contributed by atoms with Gasteiger partial charge in [-0.05, 0) is 54.7 Å². The number of ketones is 1. The van der Waals surface area contributed by atoms with Gasteiger partial charge in [0.1, 0.15) is 0 Å². The van der Waals surface area contributed by atoms with Crippen LogP contribution in [-0.4, -0.2) is 23.3 Å². The van der Waals surface area contributed by atoms with E-state index in [9.17, 15) is 9.59 Å². The van der Waals surface area contributed by atoms with E-state index in [2.05, 4.69) is 4.98 Å². The molecule has 0 radical (unpaired) electrons. The minimum atomic E-state index is -0.556. The summed E-state index contributed by atoms with van der Waals surface area (Å²) >= 11 is 0. The van der Waals surface area contributed by atoms with Crippen molar-refractivity contribution in [1.82, 2.24) is 4.98 Å². The lowest BCUT2D eigenvalue weighted by Crippen LogP contribution is -2.12. The molecular weight excluding hydrogens is 338 g/mol. The number of rotatable bonds is 5. The molecule has 4 nitrogen and oxygen atoms in total. The Bertz CT molecular complexity index is 1050. The van der Waals surface area contributed by atoms with Gasteiger partial charge < -0.3 is 4.74 Å².